The molecule has 1 amide bonds. The van der Waals surface area contributed by atoms with Crippen LogP contribution in [0, 0.1) is 20.8 Å². The number of carbonyl (C=O) groups excluding carboxylic acids is 1. The number of hydrogen-bond donors (Lipinski definition) is 1. The zero-order valence-corrected chi connectivity index (χ0v) is 15.3. The number of anilines is 1. The second kappa shape index (κ2) is 7.49. The van der Waals surface area contributed by atoms with E-state index >= 15 is 0 Å². The monoisotopic (exact) mass is 352 g/mol. The second-order valence-corrected chi connectivity index (χ2v) is 6.80. The fourth-order valence-electron chi connectivity index (χ4n) is 2.38. The molecule has 0 fully saturated rings. The summed E-state index contributed by atoms with van der Waals surface area (Å²) in [7, 11) is 0. The van der Waals surface area contributed by atoms with Crippen molar-refractivity contribution in [2.24, 2.45) is 0 Å². The van der Waals surface area contributed by atoms with Gasteiger partial charge >= 0.3 is 0 Å². The largest absolute Gasteiger partial charge is 0.483 e. The molecular weight excluding hydrogens is 332 g/mol. The van der Waals surface area contributed by atoms with Crippen LogP contribution in [0.5, 0.6) is 5.75 Å². The summed E-state index contributed by atoms with van der Waals surface area (Å²) < 4.78 is 5.56. The van der Waals surface area contributed by atoms with Crippen LogP contribution < -0.4 is 10.1 Å². The van der Waals surface area contributed by atoms with Gasteiger partial charge < -0.3 is 4.74 Å². The van der Waals surface area contributed by atoms with Gasteiger partial charge in [-0.25, -0.2) is 4.98 Å². The quantitative estimate of drug-likeness (QED) is 0.721. The minimum Gasteiger partial charge on any atom is -0.483 e. The van der Waals surface area contributed by atoms with Crippen molar-refractivity contribution in [1.82, 2.24) is 4.98 Å². The lowest BCUT2D eigenvalue weighted by molar-refractivity contribution is -0.118. The second-order valence-electron chi connectivity index (χ2n) is 5.94. The molecule has 0 spiro atoms. The van der Waals surface area contributed by atoms with E-state index in [1.54, 1.807) is 0 Å². The first kappa shape index (κ1) is 17.2. The van der Waals surface area contributed by atoms with Crippen molar-refractivity contribution in [3.63, 3.8) is 0 Å². The number of nitrogens with one attached hydrogen (secondary N) is 1. The maximum absolute atomic E-state index is 12.1. The molecule has 0 aliphatic rings. The number of aryl methyl sites for hydroxylation is 3. The highest BCUT2D eigenvalue weighted by Crippen LogP contribution is 2.26. The number of amides is 1. The Morgan fingerprint density at radius 2 is 1.88 bits per heavy atom. The molecule has 0 saturated carbocycles. The topological polar surface area (TPSA) is 51.2 Å². The van der Waals surface area contributed by atoms with E-state index in [9.17, 15) is 4.79 Å². The lowest BCUT2D eigenvalue weighted by atomic mass is 10.1. The minimum atomic E-state index is -0.218. The number of para-hydroxylation sites is 1. The molecule has 128 valence electrons. The summed E-state index contributed by atoms with van der Waals surface area (Å²) in [4.78, 5) is 16.6. The molecule has 0 aliphatic carbocycles. The Hall–Kier alpha value is -2.66. The molecule has 1 N–H and O–H groups in total. The zero-order valence-electron chi connectivity index (χ0n) is 14.5. The zero-order chi connectivity index (χ0) is 17.8. The predicted molar refractivity (Wildman–Crippen MR) is 102 cm³/mol. The normalized spacial score (nSPS) is 10.5. The van der Waals surface area contributed by atoms with E-state index in [0.29, 0.717) is 10.9 Å². The summed E-state index contributed by atoms with van der Waals surface area (Å²) in [5, 5.41) is 5.31. The molecule has 2 aromatic carbocycles. The van der Waals surface area contributed by atoms with Crippen LogP contribution >= 0.6 is 11.3 Å². The molecule has 4 nitrogen and oxygen atoms in total. The number of rotatable bonds is 5. The van der Waals surface area contributed by atoms with E-state index < -0.39 is 0 Å². The number of hydrogen-bond acceptors (Lipinski definition) is 4. The van der Waals surface area contributed by atoms with Gasteiger partial charge in [0.1, 0.15) is 5.75 Å². The number of nitrogens with zero attached hydrogens (tertiary/aromatic N) is 1. The molecule has 0 radical (unpaired) electrons. The Bertz CT molecular complexity index is 902. The number of aromatic nitrogens is 1. The van der Waals surface area contributed by atoms with E-state index in [4.69, 9.17) is 4.74 Å². The van der Waals surface area contributed by atoms with Gasteiger partial charge in [0, 0.05) is 10.9 Å². The number of thiazole rings is 1. The Balaban J connectivity index is 1.62. The van der Waals surface area contributed by atoms with Gasteiger partial charge in [-0.2, -0.15) is 0 Å². The van der Waals surface area contributed by atoms with E-state index in [0.717, 1.165) is 16.8 Å². The van der Waals surface area contributed by atoms with E-state index in [1.807, 2.05) is 42.6 Å². The lowest BCUT2D eigenvalue weighted by Crippen LogP contribution is -2.20. The van der Waals surface area contributed by atoms with Gasteiger partial charge in [0.05, 0.1) is 5.69 Å². The Morgan fingerprint density at radius 3 is 2.64 bits per heavy atom. The van der Waals surface area contributed by atoms with Crippen LogP contribution in [0.4, 0.5) is 5.13 Å². The third-order valence-electron chi connectivity index (χ3n) is 4.01. The maximum atomic E-state index is 12.1. The van der Waals surface area contributed by atoms with Gasteiger partial charge in [-0.05, 0) is 49.6 Å². The molecular formula is C20H20N2O2S. The van der Waals surface area contributed by atoms with Crippen LogP contribution in [0.25, 0.3) is 11.3 Å². The van der Waals surface area contributed by atoms with Crippen molar-refractivity contribution >= 4 is 22.4 Å². The van der Waals surface area contributed by atoms with Crippen LogP contribution in [-0.2, 0) is 4.79 Å². The van der Waals surface area contributed by atoms with Crippen molar-refractivity contribution in [3.8, 4) is 17.0 Å². The number of carbonyl (C=O) groups is 1. The van der Waals surface area contributed by atoms with Gasteiger partial charge in [0.25, 0.3) is 5.91 Å². The molecule has 25 heavy (non-hydrogen) atoms. The van der Waals surface area contributed by atoms with Crippen molar-refractivity contribution in [1.29, 1.82) is 0 Å². The number of ether oxygens (including phenoxy) is 1. The average molecular weight is 352 g/mol. The Labute approximate surface area is 151 Å². The van der Waals surface area contributed by atoms with E-state index in [2.05, 4.69) is 36.3 Å². The van der Waals surface area contributed by atoms with Gasteiger partial charge in [-0.1, -0.05) is 30.3 Å². The first-order valence-corrected chi connectivity index (χ1v) is 8.92. The fraction of sp³-hybridized carbons (Fsp3) is 0.200. The highest BCUT2D eigenvalue weighted by Gasteiger charge is 2.10. The molecule has 3 aromatic rings. The van der Waals surface area contributed by atoms with Crippen LogP contribution in [0.3, 0.4) is 0 Å². The molecule has 0 aliphatic heterocycles. The van der Waals surface area contributed by atoms with Crippen LogP contribution in [0.2, 0.25) is 0 Å². The molecule has 0 bridgehead atoms. The molecule has 0 unspecified atom stereocenters. The standard InChI is InChI=1S/C20H20N2O2S/c1-13-8-9-16(10-15(13)3)17-12-25-20(21-17)22-19(23)11-24-18-7-5-4-6-14(18)2/h4-10,12H,11H2,1-3H3,(H,21,22,23). The molecule has 1 heterocycles. The Morgan fingerprint density at radius 1 is 1.08 bits per heavy atom. The summed E-state index contributed by atoms with van der Waals surface area (Å²) in [5.41, 5.74) is 5.39. The summed E-state index contributed by atoms with van der Waals surface area (Å²) in [6, 6.07) is 13.9. The van der Waals surface area contributed by atoms with Gasteiger partial charge in [0.2, 0.25) is 0 Å². The SMILES string of the molecule is Cc1ccc(-c2csc(NC(=O)COc3ccccc3C)n2)cc1C. The molecule has 3 rings (SSSR count). The maximum Gasteiger partial charge on any atom is 0.264 e. The summed E-state index contributed by atoms with van der Waals surface area (Å²) in [5.74, 6) is 0.497. The molecule has 1 aromatic heterocycles. The smallest absolute Gasteiger partial charge is 0.264 e. The highest BCUT2D eigenvalue weighted by molar-refractivity contribution is 7.14. The van der Waals surface area contributed by atoms with Crippen LogP contribution in [0.1, 0.15) is 16.7 Å². The minimum absolute atomic E-state index is 0.0383. The van der Waals surface area contributed by atoms with Crippen LogP contribution in [-0.4, -0.2) is 17.5 Å². The van der Waals surface area contributed by atoms with Crippen LogP contribution in [0.15, 0.2) is 47.8 Å². The van der Waals surface area contributed by atoms with Gasteiger partial charge in [-0.3, -0.25) is 10.1 Å². The van der Waals surface area contributed by atoms with Crippen molar-refractivity contribution in [2.75, 3.05) is 11.9 Å². The first-order valence-electron chi connectivity index (χ1n) is 8.04. The molecule has 5 heteroatoms. The van der Waals surface area contributed by atoms with Crippen molar-refractivity contribution in [3.05, 3.63) is 64.5 Å². The Kier molecular flexibility index (Phi) is 5.14. The van der Waals surface area contributed by atoms with E-state index in [1.165, 1.54) is 22.5 Å². The van der Waals surface area contributed by atoms with Crippen molar-refractivity contribution in [2.45, 2.75) is 20.8 Å². The third kappa shape index (κ3) is 4.25. The predicted octanol–water partition coefficient (Wildman–Crippen LogP) is 4.75. The fourth-order valence-corrected chi connectivity index (χ4v) is 3.12. The first-order chi connectivity index (χ1) is 12.0. The molecule has 0 atom stereocenters. The third-order valence-corrected chi connectivity index (χ3v) is 4.76. The van der Waals surface area contributed by atoms with Gasteiger partial charge in [-0.15, -0.1) is 11.3 Å². The average Bonchev–Trinajstić information content (AvgIpc) is 3.05. The summed E-state index contributed by atoms with van der Waals surface area (Å²) in [6.45, 7) is 6.07. The van der Waals surface area contributed by atoms with E-state index in [-0.39, 0.29) is 12.5 Å². The lowest BCUT2D eigenvalue weighted by Gasteiger charge is -2.08. The highest BCUT2D eigenvalue weighted by atomic mass is 32.1. The summed E-state index contributed by atoms with van der Waals surface area (Å²) >= 11 is 1.41. The van der Waals surface area contributed by atoms with Crippen molar-refractivity contribution < 1.29 is 9.53 Å². The number of benzene rings is 2. The molecule has 0 saturated heterocycles. The van der Waals surface area contributed by atoms with Gasteiger partial charge in [0.15, 0.2) is 11.7 Å². The summed E-state index contributed by atoms with van der Waals surface area (Å²) in [6.07, 6.45) is 0.